The fourth-order valence-corrected chi connectivity index (χ4v) is 2.09. The zero-order valence-electron chi connectivity index (χ0n) is 13.9. The van der Waals surface area contributed by atoms with Crippen molar-refractivity contribution in [3.63, 3.8) is 0 Å². The molecule has 1 amide bonds. The predicted molar refractivity (Wildman–Crippen MR) is 94.5 cm³/mol. The van der Waals surface area contributed by atoms with Crippen LogP contribution in [0.5, 0.6) is 17.2 Å². The average molecular weight is 327 g/mol. The number of phenols is 1. The van der Waals surface area contributed by atoms with Crippen molar-refractivity contribution >= 4 is 17.7 Å². The lowest BCUT2D eigenvalue weighted by Gasteiger charge is -2.11. The lowest BCUT2D eigenvalue weighted by molar-refractivity contribution is -0.111. The van der Waals surface area contributed by atoms with E-state index in [1.807, 2.05) is 26.0 Å². The quantitative estimate of drug-likeness (QED) is 0.791. The highest BCUT2D eigenvalue weighted by Gasteiger charge is 2.03. The summed E-state index contributed by atoms with van der Waals surface area (Å²) in [6.07, 6.45) is 3.08. The number of anilines is 1. The van der Waals surface area contributed by atoms with Crippen LogP contribution in [-0.4, -0.2) is 24.2 Å². The predicted octanol–water partition coefficient (Wildman–Crippen LogP) is 3.84. The molecule has 2 rings (SSSR count). The first-order valence-corrected chi connectivity index (χ1v) is 7.60. The second-order valence-electron chi connectivity index (χ2n) is 5.45. The van der Waals surface area contributed by atoms with Crippen LogP contribution < -0.4 is 14.8 Å². The van der Waals surface area contributed by atoms with Crippen molar-refractivity contribution in [1.82, 2.24) is 0 Å². The van der Waals surface area contributed by atoms with Crippen molar-refractivity contribution < 1.29 is 19.4 Å². The monoisotopic (exact) mass is 327 g/mol. The van der Waals surface area contributed by atoms with Crippen molar-refractivity contribution in [2.24, 2.45) is 0 Å². The third kappa shape index (κ3) is 5.05. The van der Waals surface area contributed by atoms with Crippen LogP contribution in [-0.2, 0) is 4.79 Å². The second-order valence-corrected chi connectivity index (χ2v) is 5.45. The van der Waals surface area contributed by atoms with Gasteiger partial charge in [0.2, 0.25) is 5.91 Å². The molecule has 0 aliphatic rings. The number of rotatable bonds is 6. The summed E-state index contributed by atoms with van der Waals surface area (Å²) in [5, 5.41) is 12.5. The van der Waals surface area contributed by atoms with Gasteiger partial charge < -0.3 is 19.9 Å². The lowest BCUT2D eigenvalue weighted by Crippen LogP contribution is -2.09. The summed E-state index contributed by atoms with van der Waals surface area (Å²) in [6, 6.07) is 12.1. The van der Waals surface area contributed by atoms with Gasteiger partial charge in [-0.25, -0.2) is 0 Å². The molecule has 0 saturated heterocycles. The van der Waals surface area contributed by atoms with Gasteiger partial charge in [-0.3, -0.25) is 4.79 Å². The summed E-state index contributed by atoms with van der Waals surface area (Å²) < 4.78 is 10.6. The van der Waals surface area contributed by atoms with Crippen molar-refractivity contribution in [1.29, 1.82) is 0 Å². The highest BCUT2D eigenvalue weighted by atomic mass is 16.5. The van der Waals surface area contributed by atoms with Gasteiger partial charge in [-0.1, -0.05) is 12.1 Å². The molecule has 126 valence electrons. The first-order valence-electron chi connectivity index (χ1n) is 7.60. The van der Waals surface area contributed by atoms with E-state index in [0.29, 0.717) is 22.7 Å². The van der Waals surface area contributed by atoms with Crippen molar-refractivity contribution in [3.8, 4) is 17.2 Å². The van der Waals surface area contributed by atoms with Crippen molar-refractivity contribution in [2.45, 2.75) is 20.0 Å². The molecule has 0 aliphatic heterocycles. The maximum absolute atomic E-state index is 12.0. The molecular weight excluding hydrogens is 306 g/mol. The fourth-order valence-electron chi connectivity index (χ4n) is 2.09. The number of carbonyl (C=O) groups excluding carboxylic acids is 1. The van der Waals surface area contributed by atoms with E-state index in [1.54, 1.807) is 30.3 Å². The fraction of sp³-hybridized carbons (Fsp3) is 0.211. The Morgan fingerprint density at radius 1 is 1.21 bits per heavy atom. The Bertz CT molecular complexity index is 738. The van der Waals surface area contributed by atoms with E-state index in [-0.39, 0.29) is 17.8 Å². The van der Waals surface area contributed by atoms with Crippen LogP contribution in [0.2, 0.25) is 0 Å². The topological polar surface area (TPSA) is 67.8 Å². The summed E-state index contributed by atoms with van der Waals surface area (Å²) in [6.45, 7) is 3.89. The van der Waals surface area contributed by atoms with Gasteiger partial charge in [0.1, 0.15) is 5.75 Å². The average Bonchev–Trinajstić information content (AvgIpc) is 2.53. The molecule has 0 heterocycles. The molecule has 5 nitrogen and oxygen atoms in total. The largest absolute Gasteiger partial charge is 0.504 e. The van der Waals surface area contributed by atoms with Gasteiger partial charge in [-0.2, -0.15) is 0 Å². The number of benzene rings is 2. The SMILES string of the molecule is COc1ccc(C=CC(=O)Nc2cccc(OC(C)C)c2)cc1O. The molecular formula is C19H21NO4. The van der Waals surface area contributed by atoms with Gasteiger partial charge in [0.15, 0.2) is 11.5 Å². The normalized spacial score (nSPS) is 10.8. The van der Waals surface area contributed by atoms with E-state index in [1.165, 1.54) is 19.3 Å². The van der Waals surface area contributed by atoms with Gasteiger partial charge in [0.25, 0.3) is 0 Å². The lowest BCUT2D eigenvalue weighted by atomic mass is 10.2. The molecule has 2 aromatic rings. The molecule has 2 N–H and O–H groups in total. The number of carbonyl (C=O) groups is 1. The molecule has 0 atom stereocenters. The standard InChI is InChI=1S/C19H21NO4/c1-13(2)24-16-6-4-5-15(12-16)20-19(22)10-8-14-7-9-18(23-3)17(21)11-14/h4-13,21H,1-3H3,(H,20,22). The minimum Gasteiger partial charge on any atom is -0.504 e. The van der Waals surface area contributed by atoms with E-state index in [4.69, 9.17) is 9.47 Å². The summed E-state index contributed by atoms with van der Waals surface area (Å²) in [4.78, 5) is 12.0. The highest BCUT2D eigenvalue weighted by Crippen LogP contribution is 2.26. The van der Waals surface area contributed by atoms with Gasteiger partial charge >= 0.3 is 0 Å². The van der Waals surface area contributed by atoms with Gasteiger partial charge in [-0.05, 0) is 49.8 Å². The number of amides is 1. The number of aromatic hydroxyl groups is 1. The Balaban J connectivity index is 2.01. The summed E-state index contributed by atoms with van der Waals surface area (Å²) in [5.41, 5.74) is 1.35. The smallest absolute Gasteiger partial charge is 0.248 e. The molecule has 24 heavy (non-hydrogen) atoms. The van der Waals surface area contributed by atoms with Crippen LogP contribution in [0.15, 0.2) is 48.5 Å². The Labute approximate surface area is 141 Å². The zero-order chi connectivity index (χ0) is 17.5. The van der Waals surface area contributed by atoms with Gasteiger partial charge in [0.05, 0.1) is 13.2 Å². The van der Waals surface area contributed by atoms with Crippen molar-refractivity contribution in [2.75, 3.05) is 12.4 Å². The Hall–Kier alpha value is -2.95. The summed E-state index contributed by atoms with van der Waals surface area (Å²) in [5.74, 6) is 0.844. The summed E-state index contributed by atoms with van der Waals surface area (Å²) in [7, 11) is 1.48. The first kappa shape index (κ1) is 17.4. The maximum atomic E-state index is 12.0. The van der Waals surface area contributed by atoms with Crippen LogP contribution in [0, 0.1) is 0 Å². The minimum atomic E-state index is -0.271. The molecule has 0 aliphatic carbocycles. The number of nitrogens with one attached hydrogen (secondary N) is 1. The highest BCUT2D eigenvalue weighted by molar-refractivity contribution is 6.02. The van der Waals surface area contributed by atoms with E-state index >= 15 is 0 Å². The number of phenolic OH excluding ortho intramolecular Hbond substituents is 1. The van der Waals surface area contributed by atoms with Crippen LogP contribution in [0.25, 0.3) is 6.08 Å². The third-order valence-electron chi connectivity index (χ3n) is 3.10. The molecule has 0 spiro atoms. The van der Waals surface area contributed by atoms with E-state index in [0.717, 1.165) is 0 Å². The van der Waals surface area contributed by atoms with Crippen LogP contribution in [0.1, 0.15) is 19.4 Å². The number of methoxy groups -OCH3 is 1. The van der Waals surface area contributed by atoms with E-state index in [9.17, 15) is 9.90 Å². The molecule has 0 unspecified atom stereocenters. The first-order chi connectivity index (χ1) is 11.5. The van der Waals surface area contributed by atoms with Gasteiger partial charge in [-0.15, -0.1) is 0 Å². The maximum Gasteiger partial charge on any atom is 0.248 e. The minimum absolute atomic E-state index is 0.0265. The Morgan fingerprint density at radius 3 is 2.67 bits per heavy atom. The van der Waals surface area contributed by atoms with Crippen molar-refractivity contribution in [3.05, 3.63) is 54.1 Å². The second kappa shape index (κ2) is 8.06. The molecule has 2 aromatic carbocycles. The van der Waals surface area contributed by atoms with Crippen LogP contribution in [0.3, 0.4) is 0 Å². The molecule has 0 aromatic heterocycles. The van der Waals surface area contributed by atoms with Gasteiger partial charge in [0, 0.05) is 17.8 Å². The zero-order valence-corrected chi connectivity index (χ0v) is 13.9. The molecule has 0 fully saturated rings. The number of hydrogen-bond acceptors (Lipinski definition) is 4. The van der Waals surface area contributed by atoms with E-state index < -0.39 is 0 Å². The number of ether oxygens (including phenoxy) is 2. The van der Waals surface area contributed by atoms with Crippen LogP contribution in [0.4, 0.5) is 5.69 Å². The molecule has 5 heteroatoms. The summed E-state index contributed by atoms with van der Waals surface area (Å²) >= 11 is 0. The van der Waals surface area contributed by atoms with Crippen LogP contribution >= 0.6 is 0 Å². The number of hydrogen-bond donors (Lipinski definition) is 2. The molecule has 0 radical (unpaired) electrons. The Kier molecular flexibility index (Phi) is 5.84. The third-order valence-corrected chi connectivity index (χ3v) is 3.10. The molecule has 0 bridgehead atoms. The van der Waals surface area contributed by atoms with E-state index in [2.05, 4.69) is 5.32 Å². The molecule has 0 saturated carbocycles. The Morgan fingerprint density at radius 2 is 2.00 bits per heavy atom.